The lowest BCUT2D eigenvalue weighted by molar-refractivity contribution is -0.136. The molecule has 0 aromatic rings. The Hall–Kier alpha value is -0.220. The van der Waals surface area contributed by atoms with E-state index in [-0.39, 0.29) is 5.92 Å². The van der Waals surface area contributed by atoms with E-state index in [0.717, 1.165) is 31.9 Å². The summed E-state index contributed by atoms with van der Waals surface area (Å²) in [5, 5.41) is 3.44. The van der Waals surface area contributed by atoms with Crippen LogP contribution in [0.15, 0.2) is 0 Å². The van der Waals surface area contributed by atoms with E-state index < -0.39 is 0 Å². The molecule has 0 aliphatic carbocycles. The minimum atomic E-state index is 0.182. The molecule has 2 heterocycles. The van der Waals surface area contributed by atoms with Gasteiger partial charge in [0.05, 0.1) is 0 Å². The third-order valence-corrected chi connectivity index (χ3v) is 5.47. The number of carbonyl (C=O) groups excluding carboxylic acids is 1. The van der Waals surface area contributed by atoms with E-state index in [1.54, 1.807) is 11.8 Å². The Balaban J connectivity index is 1.84. The zero-order valence-corrected chi connectivity index (χ0v) is 12.5. The van der Waals surface area contributed by atoms with Crippen molar-refractivity contribution in [3.8, 4) is 0 Å². The van der Waals surface area contributed by atoms with Crippen molar-refractivity contribution >= 4 is 17.7 Å². The lowest BCUT2D eigenvalue weighted by Crippen LogP contribution is -2.48. The van der Waals surface area contributed by atoms with Gasteiger partial charge in [-0.3, -0.25) is 4.79 Å². The first kappa shape index (κ1) is 14.2. The fourth-order valence-electron chi connectivity index (χ4n) is 3.29. The number of nitrogens with one attached hydrogen (secondary N) is 1. The van der Waals surface area contributed by atoms with Crippen LogP contribution in [0.5, 0.6) is 0 Å². The molecule has 1 atom stereocenters. The molecule has 1 amide bonds. The molecule has 0 bridgehead atoms. The van der Waals surface area contributed by atoms with Crippen LogP contribution in [-0.4, -0.2) is 49.0 Å². The predicted octanol–water partition coefficient (Wildman–Crippen LogP) is 1.98. The van der Waals surface area contributed by atoms with Gasteiger partial charge in [0.25, 0.3) is 0 Å². The van der Waals surface area contributed by atoms with Crippen molar-refractivity contribution in [2.45, 2.75) is 32.6 Å². The number of amides is 1. The van der Waals surface area contributed by atoms with Crippen LogP contribution in [-0.2, 0) is 4.79 Å². The van der Waals surface area contributed by atoms with Crippen LogP contribution < -0.4 is 5.32 Å². The van der Waals surface area contributed by atoms with E-state index >= 15 is 0 Å². The van der Waals surface area contributed by atoms with Gasteiger partial charge in [-0.2, -0.15) is 11.8 Å². The Morgan fingerprint density at radius 2 is 1.89 bits per heavy atom. The summed E-state index contributed by atoms with van der Waals surface area (Å²) >= 11 is 1.77. The number of likely N-dealkylation sites (tertiary alicyclic amines) is 1. The number of thioether (sulfide) groups is 1. The van der Waals surface area contributed by atoms with Crippen molar-refractivity contribution < 1.29 is 4.79 Å². The van der Waals surface area contributed by atoms with E-state index in [9.17, 15) is 4.79 Å². The fourth-order valence-corrected chi connectivity index (χ4v) is 3.93. The van der Waals surface area contributed by atoms with Crippen molar-refractivity contribution in [2.75, 3.05) is 38.2 Å². The summed E-state index contributed by atoms with van der Waals surface area (Å²) in [6, 6.07) is 0. The average molecular weight is 270 g/mol. The van der Waals surface area contributed by atoms with Crippen LogP contribution in [0.25, 0.3) is 0 Å². The minimum Gasteiger partial charge on any atom is -0.342 e. The van der Waals surface area contributed by atoms with Gasteiger partial charge in [0.15, 0.2) is 0 Å². The van der Waals surface area contributed by atoms with Gasteiger partial charge in [-0.25, -0.2) is 0 Å². The summed E-state index contributed by atoms with van der Waals surface area (Å²) in [6.07, 6.45) is 7.10. The van der Waals surface area contributed by atoms with Gasteiger partial charge in [0.1, 0.15) is 0 Å². The summed E-state index contributed by atoms with van der Waals surface area (Å²) in [7, 11) is 0. The molecule has 2 aliphatic heterocycles. The molecule has 104 valence electrons. The molecule has 1 spiro atoms. The maximum atomic E-state index is 12.3. The SMILES string of the molecule is CSCC(C)C(=O)N1CCC2(CCNCC2)CC1. The highest BCUT2D eigenvalue weighted by Gasteiger charge is 2.37. The standard InChI is InChI=1S/C14H26N2OS/c1-12(11-18-2)13(17)16-9-5-14(6-10-16)3-7-15-8-4-14/h12,15H,3-11H2,1-2H3. The average Bonchev–Trinajstić information content (AvgIpc) is 2.40. The maximum absolute atomic E-state index is 12.3. The second kappa shape index (κ2) is 6.29. The second-order valence-corrected chi connectivity index (χ2v) is 6.84. The lowest BCUT2D eigenvalue weighted by atomic mass is 9.71. The largest absolute Gasteiger partial charge is 0.342 e. The number of piperidine rings is 2. The van der Waals surface area contributed by atoms with Gasteiger partial charge >= 0.3 is 0 Å². The third kappa shape index (κ3) is 3.21. The summed E-state index contributed by atoms with van der Waals surface area (Å²) < 4.78 is 0. The summed E-state index contributed by atoms with van der Waals surface area (Å²) in [5.41, 5.74) is 0.546. The molecule has 4 heteroatoms. The normalized spacial score (nSPS) is 25.1. The predicted molar refractivity (Wildman–Crippen MR) is 77.9 cm³/mol. The van der Waals surface area contributed by atoms with Crippen molar-refractivity contribution in [1.29, 1.82) is 0 Å². The van der Waals surface area contributed by atoms with Crippen LogP contribution in [0.1, 0.15) is 32.6 Å². The summed E-state index contributed by atoms with van der Waals surface area (Å²) in [5.74, 6) is 1.50. The maximum Gasteiger partial charge on any atom is 0.226 e. The monoisotopic (exact) mass is 270 g/mol. The Morgan fingerprint density at radius 1 is 1.28 bits per heavy atom. The molecule has 0 aromatic heterocycles. The fraction of sp³-hybridized carbons (Fsp3) is 0.929. The van der Waals surface area contributed by atoms with E-state index in [1.165, 1.54) is 25.7 Å². The molecule has 3 nitrogen and oxygen atoms in total. The summed E-state index contributed by atoms with van der Waals surface area (Å²) in [4.78, 5) is 14.4. The number of hydrogen-bond donors (Lipinski definition) is 1. The highest BCUT2D eigenvalue weighted by molar-refractivity contribution is 7.98. The van der Waals surface area contributed by atoms with Crippen LogP contribution >= 0.6 is 11.8 Å². The Kier molecular flexibility index (Phi) is 4.96. The van der Waals surface area contributed by atoms with Crippen LogP contribution in [0.4, 0.5) is 0 Å². The number of nitrogens with zero attached hydrogens (tertiary/aromatic N) is 1. The van der Waals surface area contributed by atoms with E-state index in [0.29, 0.717) is 11.3 Å². The van der Waals surface area contributed by atoms with Crippen molar-refractivity contribution in [1.82, 2.24) is 10.2 Å². The van der Waals surface area contributed by atoms with Crippen LogP contribution in [0.3, 0.4) is 0 Å². The molecule has 2 aliphatic rings. The van der Waals surface area contributed by atoms with E-state index in [4.69, 9.17) is 0 Å². The van der Waals surface area contributed by atoms with Crippen LogP contribution in [0.2, 0.25) is 0 Å². The van der Waals surface area contributed by atoms with Gasteiger partial charge in [-0.05, 0) is 50.4 Å². The molecule has 0 saturated carbocycles. The minimum absolute atomic E-state index is 0.182. The molecule has 1 N–H and O–H groups in total. The molecular weight excluding hydrogens is 244 g/mol. The van der Waals surface area contributed by atoms with Gasteiger partial charge in [-0.1, -0.05) is 6.92 Å². The van der Waals surface area contributed by atoms with Crippen molar-refractivity contribution in [2.24, 2.45) is 11.3 Å². The zero-order chi connectivity index (χ0) is 13.0. The second-order valence-electron chi connectivity index (χ2n) is 5.93. The zero-order valence-electron chi connectivity index (χ0n) is 11.7. The molecule has 2 saturated heterocycles. The molecule has 1 unspecified atom stereocenters. The first-order chi connectivity index (χ1) is 8.67. The third-order valence-electron chi connectivity index (χ3n) is 4.64. The number of carbonyl (C=O) groups is 1. The van der Waals surface area contributed by atoms with Gasteiger partial charge < -0.3 is 10.2 Å². The Morgan fingerprint density at radius 3 is 2.44 bits per heavy atom. The van der Waals surface area contributed by atoms with E-state index in [2.05, 4.69) is 23.4 Å². The topological polar surface area (TPSA) is 32.3 Å². The van der Waals surface area contributed by atoms with Gasteiger partial charge in [0, 0.05) is 24.8 Å². The first-order valence-electron chi connectivity index (χ1n) is 7.15. The Bertz CT molecular complexity index is 280. The molecular formula is C14H26N2OS. The lowest BCUT2D eigenvalue weighted by Gasteiger charge is -2.45. The van der Waals surface area contributed by atoms with E-state index in [1.807, 2.05) is 0 Å². The molecule has 0 radical (unpaired) electrons. The Labute approximate surface area is 115 Å². The van der Waals surface area contributed by atoms with Crippen LogP contribution in [0, 0.1) is 11.3 Å². The quantitative estimate of drug-likeness (QED) is 0.851. The molecule has 18 heavy (non-hydrogen) atoms. The summed E-state index contributed by atoms with van der Waals surface area (Å²) in [6.45, 7) is 6.36. The smallest absolute Gasteiger partial charge is 0.226 e. The number of rotatable bonds is 3. The van der Waals surface area contributed by atoms with Gasteiger partial charge in [0.2, 0.25) is 5.91 Å². The highest BCUT2D eigenvalue weighted by Crippen LogP contribution is 2.39. The van der Waals surface area contributed by atoms with Crippen molar-refractivity contribution in [3.05, 3.63) is 0 Å². The highest BCUT2D eigenvalue weighted by atomic mass is 32.2. The van der Waals surface area contributed by atoms with Crippen molar-refractivity contribution in [3.63, 3.8) is 0 Å². The molecule has 2 rings (SSSR count). The first-order valence-corrected chi connectivity index (χ1v) is 8.55. The molecule has 0 aromatic carbocycles. The van der Waals surface area contributed by atoms with Gasteiger partial charge in [-0.15, -0.1) is 0 Å². The number of hydrogen-bond acceptors (Lipinski definition) is 3. The molecule has 2 fully saturated rings.